The fourth-order valence-electron chi connectivity index (χ4n) is 0.760. The Labute approximate surface area is 78.5 Å². The molecular formula is C8H8F3NO2. The van der Waals surface area contributed by atoms with Crippen LogP contribution in [0.3, 0.4) is 0 Å². The molecule has 0 saturated heterocycles. The summed E-state index contributed by atoms with van der Waals surface area (Å²) in [5.74, 6) is 0.236. The van der Waals surface area contributed by atoms with E-state index in [4.69, 9.17) is 4.74 Å². The molecule has 0 amide bonds. The summed E-state index contributed by atoms with van der Waals surface area (Å²) < 4.78 is 45.6. The smallest absolute Gasteiger partial charge is 0.433 e. The SMILES string of the molecule is COCOc1ccc(C(F)(F)F)nc1. The van der Waals surface area contributed by atoms with Crippen molar-refractivity contribution in [2.24, 2.45) is 0 Å². The van der Waals surface area contributed by atoms with E-state index >= 15 is 0 Å². The minimum absolute atomic E-state index is 0.0208. The lowest BCUT2D eigenvalue weighted by Gasteiger charge is -2.07. The van der Waals surface area contributed by atoms with E-state index in [0.29, 0.717) is 0 Å². The van der Waals surface area contributed by atoms with E-state index in [9.17, 15) is 13.2 Å². The Bertz CT molecular complexity index is 284. The van der Waals surface area contributed by atoms with Crippen molar-refractivity contribution in [3.8, 4) is 5.75 Å². The minimum Gasteiger partial charge on any atom is -0.466 e. The summed E-state index contributed by atoms with van der Waals surface area (Å²) in [7, 11) is 1.41. The fourth-order valence-corrected chi connectivity index (χ4v) is 0.760. The lowest BCUT2D eigenvalue weighted by molar-refractivity contribution is -0.141. The molecule has 1 aromatic heterocycles. The molecule has 1 rings (SSSR count). The second-order valence-electron chi connectivity index (χ2n) is 2.43. The lowest BCUT2D eigenvalue weighted by Crippen LogP contribution is -2.07. The van der Waals surface area contributed by atoms with Gasteiger partial charge in [0, 0.05) is 7.11 Å². The van der Waals surface area contributed by atoms with Crippen LogP contribution in [-0.4, -0.2) is 18.9 Å². The predicted molar refractivity (Wildman–Crippen MR) is 41.7 cm³/mol. The molecule has 1 heterocycles. The summed E-state index contributed by atoms with van der Waals surface area (Å²) in [5, 5.41) is 0. The number of rotatable bonds is 3. The van der Waals surface area contributed by atoms with Crippen molar-refractivity contribution in [1.29, 1.82) is 0 Å². The Kier molecular flexibility index (Phi) is 3.29. The van der Waals surface area contributed by atoms with Crippen molar-refractivity contribution in [3.63, 3.8) is 0 Å². The molecule has 0 unspecified atom stereocenters. The summed E-state index contributed by atoms with van der Waals surface area (Å²) in [6.07, 6.45) is -3.42. The number of nitrogens with zero attached hydrogens (tertiary/aromatic N) is 1. The highest BCUT2D eigenvalue weighted by molar-refractivity contribution is 5.20. The summed E-state index contributed by atoms with van der Waals surface area (Å²) in [5.41, 5.74) is -0.942. The number of pyridine rings is 1. The maximum atomic E-state index is 12.0. The van der Waals surface area contributed by atoms with Gasteiger partial charge in [0.2, 0.25) is 0 Å². The zero-order chi connectivity index (χ0) is 10.6. The van der Waals surface area contributed by atoms with Gasteiger partial charge >= 0.3 is 6.18 Å². The summed E-state index contributed by atoms with van der Waals surface area (Å²) in [6.45, 7) is -0.0208. The molecule has 1 aromatic rings. The van der Waals surface area contributed by atoms with Crippen molar-refractivity contribution in [3.05, 3.63) is 24.0 Å². The van der Waals surface area contributed by atoms with Gasteiger partial charge in [-0.3, -0.25) is 0 Å². The molecule has 0 spiro atoms. The highest BCUT2D eigenvalue weighted by Crippen LogP contribution is 2.28. The van der Waals surface area contributed by atoms with Crippen LogP contribution in [0.2, 0.25) is 0 Å². The van der Waals surface area contributed by atoms with Crippen LogP contribution in [0.25, 0.3) is 0 Å². The zero-order valence-corrected chi connectivity index (χ0v) is 7.34. The van der Waals surface area contributed by atoms with Crippen molar-refractivity contribution in [1.82, 2.24) is 4.98 Å². The van der Waals surface area contributed by atoms with Crippen LogP contribution in [-0.2, 0) is 10.9 Å². The molecule has 0 bridgehead atoms. The number of hydrogen-bond acceptors (Lipinski definition) is 3. The summed E-state index contributed by atoms with van der Waals surface area (Å²) >= 11 is 0. The first-order valence-electron chi connectivity index (χ1n) is 3.69. The molecule has 6 heteroatoms. The first-order chi connectivity index (χ1) is 6.54. The van der Waals surface area contributed by atoms with Crippen LogP contribution < -0.4 is 4.74 Å². The third kappa shape index (κ3) is 2.88. The molecule has 0 N–H and O–H groups in total. The zero-order valence-electron chi connectivity index (χ0n) is 7.34. The molecular weight excluding hydrogens is 199 g/mol. The molecule has 0 saturated carbocycles. The average Bonchev–Trinajstić information content (AvgIpc) is 2.14. The third-order valence-electron chi connectivity index (χ3n) is 1.37. The van der Waals surface area contributed by atoms with Gasteiger partial charge < -0.3 is 9.47 Å². The number of aromatic nitrogens is 1. The van der Waals surface area contributed by atoms with Crippen molar-refractivity contribution >= 4 is 0 Å². The minimum atomic E-state index is -4.42. The molecule has 0 fully saturated rings. The quantitative estimate of drug-likeness (QED) is 0.711. The third-order valence-corrected chi connectivity index (χ3v) is 1.37. The van der Waals surface area contributed by atoms with Crippen LogP contribution >= 0.6 is 0 Å². The summed E-state index contributed by atoms with van der Waals surface area (Å²) in [6, 6.07) is 2.04. The maximum Gasteiger partial charge on any atom is 0.433 e. The van der Waals surface area contributed by atoms with E-state index in [1.54, 1.807) is 0 Å². The molecule has 14 heavy (non-hydrogen) atoms. The topological polar surface area (TPSA) is 31.4 Å². The molecule has 0 aliphatic rings. The normalized spacial score (nSPS) is 11.4. The van der Waals surface area contributed by atoms with Crippen LogP contribution in [0, 0.1) is 0 Å². The number of methoxy groups -OCH3 is 1. The Morgan fingerprint density at radius 1 is 1.36 bits per heavy atom. The summed E-state index contributed by atoms with van der Waals surface area (Å²) in [4.78, 5) is 3.20. The Morgan fingerprint density at radius 2 is 2.07 bits per heavy atom. The first kappa shape index (κ1) is 10.8. The van der Waals surface area contributed by atoms with Crippen LogP contribution in [0.1, 0.15) is 5.69 Å². The Balaban J connectivity index is 2.69. The van der Waals surface area contributed by atoms with Gasteiger partial charge in [0.1, 0.15) is 11.4 Å². The van der Waals surface area contributed by atoms with Gasteiger partial charge in [0.05, 0.1) is 6.20 Å². The highest BCUT2D eigenvalue weighted by Gasteiger charge is 2.32. The van der Waals surface area contributed by atoms with Crippen LogP contribution in [0.5, 0.6) is 5.75 Å². The molecule has 0 aliphatic heterocycles. The van der Waals surface area contributed by atoms with Gasteiger partial charge in [0.25, 0.3) is 0 Å². The Morgan fingerprint density at radius 3 is 2.50 bits per heavy atom. The maximum absolute atomic E-state index is 12.0. The van der Waals surface area contributed by atoms with Gasteiger partial charge in [-0.05, 0) is 12.1 Å². The van der Waals surface area contributed by atoms with Gasteiger partial charge in [-0.25, -0.2) is 4.98 Å². The standard InChI is InChI=1S/C8H8F3NO2/c1-13-5-14-6-2-3-7(12-4-6)8(9,10)11/h2-4H,5H2,1H3. The number of alkyl halides is 3. The monoisotopic (exact) mass is 207 g/mol. The number of ether oxygens (including phenoxy) is 2. The van der Waals surface area contributed by atoms with Crippen molar-refractivity contribution < 1.29 is 22.6 Å². The lowest BCUT2D eigenvalue weighted by atomic mass is 10.3. The van der Waals surface area contributed by atoms with Crippen LogP contribution in [0.15, 0.2) is 18.3 Å². The van der Waals surface area contributed by atoms with Gasteiger partial charge in [-0.2, -0.15) is 13.2 Å². The van der Waals surface area contributed by atoms with E-state index in [0.717, 1.165) is 12.3 Å². The average molecular weight is 207 g/mol. The second kappa shape index (κ2) is 4.28. The molecule has 0 radical (unpaired) electrons. The van der Waals surface area contributed by atoms with E-state index < -0.39 is 11.9 Å². The number of hydrogen-bond donors (Lipinski definition) is 0. The second-order valence-corrected chi connectivity index (χ2v) is 2.43. The fraction of sp³-hybridized carbons (Fsp3) is 0.375. The van der Waals surface area contributed by atoms with E-state index in [1.807, 2.05) is 0 Å². The van der Waals surface area contributed by atoms with Crippen LogP contribution in [0.4, 0.5) is 13.2 Å². The van der Waals surface area contributed by atoms with Gasteiger partial charge in [-0.15, -0.1) is 0 Å². The highest BCUT2D eigenvalue weighted by atomic mass is 19.4. The van der Waals surface area contributed by atoms with Gasteiger partial charge in [0.15, 0.2) is 6.79 Å². The predicted octanol–water partition coefficient (Wildman–Crippen LogP) is 2.08. The molecule has 0 aromatic carbocycles. The first-order valence-corrected chi connectivity index (χ1v) is 3.69. The van der Waals surface area contributed by atoms with Crippen molar-refractivity contribution in [2.45, 2.75) is 6.18 Å². The molecule has 0 aliphatic carbocycles. The number of halogens is 3. The molecule has 78 valence electrons. The molecule has 0 atom stereocenters. The van der Waals surface area contributed by atoms with Gasteiger partial charge in [-0.1, -0.05) is 0 Å². The van der Waals surface area contributed by atoms with E-state index in [-0.39, 0.29) is 12.5 Å². The Hall–Kier alpha value is -1.30. The van der Waals surface area contributed by atoms with E-state index in [2.05, 4.69) is 9.72 Å². The van der Waals surface area contributed by atoms with E-state index in [1.165, 1.54) is 13.2 Å². The van der Waals surface area contributed by atoms with Crippen molar-refractivity contribution in [2.75, 3.05) is 13.9 Å². The molecule has 3 nitrogen and oxygen atoms in total. The largest absolute Gasteiger partial charge is 0.466 e.